The molecular formula is C12H20N6O7. The second-order valence-electron chi connectivity index (χ2n) is 5.16. The zero-order chi connectivity index (χ0) is 19.1. The van der Waals surface area contributed by atoms with Crippen molar-refractivity contribution in [3.63, 3.8) is 0 Å². The number of nitrogens with two attached hydrogens (primary N) is 2. The highest BCUT2D eigenvalue weighted by Crippen LogP contribution is 2.16. The summed E-state index contributed by atoms with van der Waals surface area (Å²) in [5.41, 5.74) is 10.6. The van der Waals surface area contributed by atoms with Crippen molar-refractivity contribution in [1.82, 2.24) is 20.8 Å². The molecule has 0 aliphatic carbocycles. The number of carbonyl (C=O) groups is 3. The van der Waals surface area contributed by atoms with Crippen molar-refractivity contribution < 1.29 is 34.1 Å². The van der Waals surface area contributed by atoms with Crippen LogP contribution in [0.2, 0.25) is 0 Å². The highest BCUT2D eigenvalue weighted by molar-refractivity contribution is 5.83. The Kier molecular flexibility index (Phi) is 7.22. The number of aliphatic hydroxyl groups is 2. The molecule has 0 aromatic carbocycles. The van der Waals surface area contributed by atoms with Crippen LogP contribution in [-0.2, 0) is 9.59 Å². The molecule has 9 N–H and O–H groups in total. The Bertz CT molecular complexity index is 619. The molecule has 1 rings (SSSR count). The van der Waals surface area contributed by atoms with Crippen LogP contribution in [0.25, 0.3) is 0 Å². The third kappa shape index (κ3) is 5.98. The van der Waals surface area contributed by atoms with E-state index >= 15 is 0 Å². The van der Waals surface area contributed by atoms with Crippen LogP contribution in [0.5, 0.6) is 0 Å². The van der Waals surface area contributed by atoms with Gasteiger partial charge in [-0.1, -0.05) is 0 Å². The van der Waals surface area contributed by atoms with E-state index in [1.807, 2.05) is 5.32 Å². The van der Waals surface area contributed by atoms with Crippen molar-refractivity contribution in [2.45, 2.75) is 37.6 Å². The number of carboxylic acid groups (broad SMARTS) is 1. The molecule has 13 heteroatoms. The predicted molar refractivity (Wildman–Crippen MR) is 79.6 cm³/mol. The average Bonchev–Trinajstić information content (AvgIpc) is 2.98. The van der Waals surface area contributed by atoms with Crippen molar-refractivity contribution in [3.8, 4) is 0 Å². The molecule has 4 atom stereocenters. The second-order valence-corrected chi connectivity index (χ2v) is 5.16. The summed E-state index contributed by atoms with van der Waals surface area (Å²) in [7, 11) is 0. The summed E-state index contributed by atoms with van der Waals surface area (Å²) in [5, 5.41) is 39.0. The van der Waals surface area contributed by atoms with Gasteiger partial charge in [0.25, 0.3) is 0 Å². The first-order valence-electron chi connectivity index (χ1n) is 7.11. The van der Waals surface area contributed by atoms with Gasteiger partial charge in [-0.2, -0.15) is 0 Å². The number of rotatable bonds is 9. The Hall–Kier alpha value is -2.77. The Labute approximate surface area is 141 Å². The number of primary amides is 1. The Balaban J connectivity index is 2.76. The SMILES string of the molecule is C[C@@H](O)[C@H](NC(=O)N[C@@H](CO)c1nnc([C@@H](N)CC(N)=O)o1)C(=O)O. The quantitative estimate of drug-likeness (QED) is 0.238. The van der Waals surface area contributed by atoms with Gasteiger partial charge in [-0.15, -0.1) is 10.2 Å². The summed E-state index contributed by atoms with van der Waals surface area (Å²) in [6.07, 6.45) is -1.59. The van der Waals surface area contributed by atoms with E-state index in [-0.39, 0.29) is 18.2 Å². The molecule has 0 spiro atoms. The van der Waals surface area contributed by atoms with Gasteiger partial charge in [-0.25, -0.2) is 9.59 Å². The third-order valence-electron chi connectivity index (χ3n) is 3.02. The van der Waals surface area contributed by atoms with Crippen LogP contribution in [0.4, 0.5) is 4.79 Å². The Morgan fingerprint density at radius 1 is 1.24 bits per heavy atom. The lowest BCUT2D eigenvalue weighted by Gasteiger charge is -2.19. The lowest BCUT2D eigenvalue weighted by atomic mass is 10.2. The lowest BCUT2D eigenvalue weighted by Crippen LogP contribution is -2.52. The van der Waals surface area contributed by atoms with Crippen LogP contribution in [0.1, 0.15) is 37.2 Å². The standard InChI is InChI=1S/C12H20N6O7/c1-4(20)8(11(22)23)16-12(24)15-6(3-19)10-18-17-9(25-10)5(13)2-7(14)21/h4-6,8,19-20H,2-3,13H2,1H3,(H2,14,21)(H,22,23)(H2,15,16,24)/t4-,5+,6+,8+/m1/s1. The van der Waals surface area contributed by atoms with E-state index in [1.165, 1.54) is 6.92 Å². The first-order chi connectivity index (χ1) is 11.6. The Morgan fingerprint density at radius 3 is 2.32 bits per heavy atom. The summed E-state index contributed by atoms with van der Waals surface area (Å²) < 4.78 is 5.18. The molecule has 3 amide bonds. The average molecular weight is 360 g/mol. The van der Waals surface area contributed by atoms with Gasteiger partial charge in [0.05, 0.1) is 25.2 Å². The van der Waals surface area contributed by atoms with Gasteiger partial charge >= 0.3 is 12.0 Å². The molecule has 0 saturated carbocycles. The maximum absolute atomic E-state index is 11.8. The van der Waals surface area contributed by atoms with Gasteiger partial charge in [0, 0.05) is 0 Å². The smallest absolute Gasteiger partial charge is 0.328 e. The maximum Gasteiger partial charge on any atom is 0.328 e. The highest BCUT2D eigenvalue weighted by atomic mass is 16.4. The molecule has 0 aliphatic heterocycles. The number of aromatic nitrogens is 2. The van der Waals surface area contributed by atoms with Crippen molar-refractivity contribution in [2.75, 3.05) is 6.61 Å². The van der Waals surface area contributed by atoms with E-state index in [4.69, 9.17) is 21.0 Å². The molecule has 0 aliphatic rings. The number of carbonyl (C=O) groups excluding carboxylic acids is 2. The molecule has 1 heterocycles. The summed E-state index contributed by atoms with van der Waals surface area (Å²) in [6, 6.07) is -4.65. The minimum absolute atomic E-state index is 0.123. The van der Waals surface area contributed by atoms with Crippen LogP contribution in [-0.4, -0.2) is 62.2 Å². The van der Waals surface area contributed by atoms with E-state index in [0.717, 1.165) is 0 Å². The zero-order valence-corrected chi connectivity index (χ0v) is 13.2. The molecule has 0 fully saturated rings. The van der Waals surface area contributed by atoms with Crippen LogP contribution in [0, 0.1) is 0 Å². The van der Waals surface area contributed by atoms with Gasteiger partial charge in [-0.3, -0.25) is 4.79 Å². The van der Waals surface area contributed by atoms with Crippen LogP contribution >= 0.6 is 0 Å². The fourth-order valence-corrected chi connectivity index (χ4v) is 1.76. The van der Waals surface area contributed by atoms with Crippen molar-refractivity contribution >= 4 is 17.9 Å². The van der Waals surface area contributed by atoms with E-state index in [9.17, 15) is 24.6 Å². The van der Waals surface area contributed by atoms with Gasteiger partial charge in [0.1, 0.15) is 6.04 Å². The molecule has 0 bridgehead atoms. The van der Waals surface area contributed by atoms with Crippen LogP contribution in [0.15, 0.2) is 4.42 Å². The van der Waals surface area contributed by atoms with E-state index in [0.29, 0.717) is 0 Å². The topological polar surface area (TPSA) is 227 Å². The number of nitrogens with zero attached hydrogens (tertiary/aromatic N) is 2. The van der Waals surface area contributed by atoms with E-state index in [1.54, 1.807) is 0 Å². The molecule has 140 valence electrons. The van der Waals surface area contributed by atoms with Crippen molar-refractivity contribution in [3.05, 3.63) is 11.8 Å². The second kappa shape index (κ2) is 8.91. The van der Waals surface area contributed by atoms with Gasteiger partial charge in [0.15, 0.2) is 6.04 Å². The fourth-order valence-electron chi connectivity index (χ4n) is 1.76. The number of nitrogens with one attached hydrogen (secondary N) is 2. The molecule has 13 nitrogen and oxygen atoms in total. The largest absolute Gasteiger partial charge is 0.480 e. The minimum Gasteiger partial charge on any atom is -0.480 e. The molecule has 25 heavy (non-hydrogen) atoms. The predicted octanol–water partition coefficient (Wildman–Crippen LogP) is -2.89. The molecule has 0 radical (unpaired) electrons. The van der Waals surface area contributed by atoms with Crippen molar-refractivity contribution in [2.24, 2.45) is 11.5 Å². The number of aliphatic carboxylic acids is 1. The number of aliphatic hydroxyl groups excluding tert-OH is 2. The van der Waals surface area contributed by atoms with E-state index in [2.05, 4.69) is 15.5 Å². The van der Waals surface area contributed by atoms with Gasteiger partial charge in [0.2, 0.25) is 17.7 Å². The number of carboxylic acids is 1. The van der Waals surface area contributed by atoms with Gasteiger partial charge in [-0.05, 0) is 6.92 Å². The monoisotopic (exact) mass is 360 g/mol. The molecule has 0 unspecified atom stereocenters. The number of hydrogen-bond donors (Lipinski definition) is 7. The van der Waals surface area contributed by atoms with Crippen LogP contribution in [0.3, 0.4) is 0 Å². The number of amides is 3. The Morgan fingerprint density at radius 2 is 1.84 bits per heavy atom. The first-order valence-corrected chi connectivity index (χ1v) is 7.11. The molecule has 1 aromatic heterocycles. The minimum atomic E-state index is -1.55. The zero-order valence-electron chi connectivity index (χ0n) is 13.2. The van der Waals surface area contributed by atoms with Crippen LogP contribution < -0.4 is 22.1 Å². The molecule has 0 saturated heterocycles. The number of hydrogen-bond acceptors (Lipinski definition) is 9. The first kappa shape index (κ1) is 20.3. The van der Waals surface area contributed by atoms with Crippen molar-refractivity contribution in [1.29, 1.82) is 0 Å². The molecular weight excluding hydrogens is 340 g/mol. The molecule has 1 aromatic rings. The summed E-state index contributed by atoms with van der Waals surface area (Å²) in [5.74, 6) is -2.46. The number of urea groups is 1. The normalized spacial score (nSPS) is 15.7. The van der Waals surface area contributed by atoms with E-state index < -0.39 is 48.7 Å². The highest BCUT2D eigenvalue weighted by Gasteiger charge is 2.28. The summed E-state index contributed by atoms with van der Waals surface area (Å²) >= 11 is 0. The summed E-state index contributed by atoms with van der Waals surface area (Å²) in [4.78, 5) is 33.5. The fraction of sp³-hybridized carbons (Fsp3) is 0.583. The maximum atomic E-state index is 11.8. The lowest BCUT2D eigenvalue weighted by molar-refractivity contribution is -0.141. The summed E-state index contributed by atoms with van der Waals surface area (Å²) in [6.45, 7) is 0.541. The third-order valence-corrected chi connectivity index (χ3v) is 3.02. The van der Waals surface area contributed by atoms with Gasteiger partial charge < -0.3 is 41.8 Å².